The minimum atomic E-state index is -1.37. The highest BCUT2D eigenvalue weighted by atomic mass is 79.9. The van der Waals surface area contributed by atoms with Crippen LogP contribution in [0.5, 0.6) is 5.75 Å². The van der Waals surface area contributed by atoms with E-state index < -0.39 is 6.16 Å². The molecule has 2 aromatic heterocycles. The zero-order chi connectivity index (χ0) is 15.1. The molecule has 0 aliphatic rings. The fourth-order valence-electron chi connectivity index (χ4n) is 2.14. The van der Waals surface area contributed by atoms with Gasteiger partial charge in [0.05, 0.1) is 16.7 Å². The molecule has 3 rings (SSSR count). The number of halogens is 1. The number of hydrogen-bond acceptors (Lipinski definition) is 4. The van der Waals surface area contributed by atoms with E-state index in [1.807, 2.05) is 18.2 Å². The number of ether oxygens (including phenoxy) is 1. The van der Waals surface area contributed by atoms with Crippen molar-refractivity contribution in [1.82, 2.24) is 19.7 Å². The van der Waals surface area contributed by atoms with Gasteiger partial charge in [0.2, 0.25) is 5.95 Å². The number of imidazole rings is 1. The average molecular weight is 351 g/mol. The normalized spacial score (nSPS) is 11.0. The first-order valence-corrected chi connectivity index (χ1v) is 6.87. The Balaban J connectivity index is 2.12. The molecule has 2 N–H and O–H groups in total. The molecular weight excluding hydrogens is 340 g/mol. The van der Waals surface area contributed by atoms with Gasteiger partial charge in [0, 0.05) is 4.47 Å². The molecule has 0 saturated carbocycles. The van der Waals surface area contributed by atoms with Crippen molar-refractivity contribution >= 4 is 33.1 Å². The molecule has 0 aliphatic heterocycles. The van der Waals surface area contributed by atoms with Gasteiger partial charge in [-0.25, -0.2) is 14.5 Å². The lowest BCUT2D eigenvalue weighted by Gasteiger charge is -2.00. The van der Waals surface area contributed by atoms with Crippen LogP contribution in [0.3, 0.4) is 0 Å². The van der Waals surface area contributed by atoms with Crippen molar-refractivity contribution < 1.29 is 14.6 Å². The largest absolute Gasteiger partial charge is 0.511 e. The molecule has 2 heterocycles. The summed E-state index contributed by atoms with van der Waals surface area (Å²) in [5.74, 6) is 0.730. The molecule has 0 spiro atoms. The summed E-state index contributed by atoms with van der Waals surface area (Å²) >= 11 is 3.40. The lowest BCUT2D eigenvalue weighted by atomic mass is 10.3. The number of hydrogen-bond donors (Lipinski definition) is 2. The molecule has 0 atom stereocenters. The Morgan fingerprint density at radius 3 is 2.90 bits per heavy atom. The van der Waals surface area contributed by atoms with E-state index in [-0.39, 0.29) is 5.75 Å². The van der Waals surface area contributed by atoms with Crippen molar-refractivity contribution in [2.75, 3.05) is 0 Å². The smallest absolute Gasteiger partial charge is 0.449 e. The zero-order valence-electron chi connectivity index (χ0n) is 11.2. The number of H-pyrrole nitrogens is 1. The maximum atomic E-state index is 10.7. The molecule has 0 fully saturated rings. The maximum Gasteiger partial charge on any atom is 0.511 e. The standard InChI is InChI=1S/C13H11BrN4O3/c1-6-11(21-13(19)20)7(2)18(17-6)12-15-9-4-3-8(14)5-10(9)16-12/h3-5H,1-2H3,(H,15,16)(H,19,20). The SMILES string of the molecule is Cc1nn(-c2nc3ccc(Br)cc3[nH]2)c(C)c1OC(=O)O. The second-order valence-corrected chi connectivity index (χ2v) is 5.42. The Morgan fingerprint density at radius 1 is 1.43 bits per heavy atom. The van der Waals surface area contributed by atoms with Crippen LogP contribution in [0.25, 0.3) is 17.0 Å². The minimum Gasteiger partial charge on any atom is -0.449 e. The number of nitrogens with zero attached hydrogens (tertiary/aromatic N) is 3. The van der Waals surface area contributed by atoms with Crippen molar-refractivity contribution in [3.05, 3.63) is 34.1 Å². The van der Waals surface area contributed by atoms with Gasteiger partial charge in [-0.3, -0.25) is 0 Å². The number of carbonyl (C=O) groups is 1. The highest BCUT2D eigenvalue weighted by Crippen LogP contribution is 2.26. The predicted molar refractivity (Wildman–Crippen MR) is 79.0 cm³/mol. The van der Waals surface area contributed by atoms with Gasteiger partial charge in [-0.15, -0.1) is 0 Å². The molecule has 0 bridgehead atoms. The van der Waals surface area contributed by atoms with Crippen LogP contribution in [0, 0.1) is 13.8 Å². The minimum absolute atomic E-state index is 0.226. The third-order valence-electron chi connectivity index (χ3n) is 3.05. The van der Waals surface area contributed by atoms with Gasteiger partial charge < -0.3 is 14.8 Å². The summed E-state index contributed by atoms with van der Waals surface area (Å²) < 4.78 is 7.22. The molecule has 8 heteroatoms. The van der Waals surface area contributed by atoms with Crippen LogP contribution in [0.2, 0.25) is 0 Å². The van der Waals surface area contributed by atoms with Gasteiger partial charge >= 0.3 is 6.16 Å². The van der Waals surface area contributed by atoms with E-state index in [0.717, 1.165) is 15.5 Å². The highest BCUT2D eigenvalue weighted by Gasteiger charge is 2.18. The van der Waals surface area contributed by atoms with Crippen LogP contribution in [-0.4, -0.2) is 31.0 Å². The first-order chi connectivity index (χ1) is 9.95. The van der Waals surface area contributed by atoms with Gasteiger partial charge in [-0.1, -0.05) is 15.9 Å². The molecule has 0 aliphatic carbocycles. The number of aromatic amines is 1. The van der Waals surface area contributed by atoms with Crippen molar-refractivity contribution in [3.8, 4) is 11.7 Å². The second kappa shape index (κ2) is 4.88. The summed E-state index contributed by atoms with van der Waals surface area (Å²) in [4.78, 5) is 18.3. The average Bonchev–Trinajstić information content (AvgIpc) is 2.93. The van der Waals surface area contributed by atoms with E-state index in [1.54, 1.807) is 13.8 Å². The van der Waals surface area contributed by atoms with E-state index in [4.69, 9.17) is 9.84 Å². The zero-order valence-corrected chi connectivity index (χ0v) is 12.8. The second-order valence-electron chi connectivity index (χ2n) is 4.50. The fraction of sp³-hybridized carbons (Fsp3) is 0.154. The van der Waals surface area contributed by atoms with Crippen molar-refractivity contribution in [3.63, 3.8) is 0 Å². The molecule has 0 radical (unpaired) electrons. The molecule has 21 heavy (non-hydrogen) atoms. The third kappa shape index (κ3) is 2.38. The van der Waals surface area contributed by atoms with E-state index in [1.165, 1.54) is 4.68 Å². The van der Waals surface area contributed by atoms with Crippen LogP contribution >= 0.6 is 15.9 Å². The number of aryl methyl sites for hydroxylation is 1. The Labute approximate surface area is 127 Å². The Kier molecular flexibility index (Phi) is 3.17. The number of aromatic nitrogens is 4. The Hall–Kier alpha value is -2.35. The van der Waals surface area contributed by atoms with Crippen molar-refractivity contribution in [1.29, 1.82) is 0 Å². The summed E-state index contributed by atoms with van der Waals surface area (Å²) in [7, 11) is 0. The maximum absolute atomic E-state index is 10.7. The van der Waals surface area contributed by atoms with Crippen LogP contribution in [0.15, 0.2) is 22.7 Å². The quantitative estimate of drug-likeness (QED) is 0.692. The third-order valence-corrected chi connectivity index (χ3v) is 3.54. The monoisotopic (exact) mass is 350 g/mol. The van der Waals surface area contributed by atoms with Crippen molar-refractivity contribution in [2.24, 2.45) is 0 Å². The fourth-order valence-corrected chi connectivity index (χ4v) is 2.50. The molecule has 7 nitrogen and oxygen atoms in total. The predicted octanol–water partition coefficient (Wildman–Crippen LogP) is 3.18. The lowest BCUT2D eigenvalue weighted by molar-refractivity contribution is 0.144. The summed E-state index contributed by atoms with van der Waals surface area (Å²) in [5.41, 5.74) is 2.69. The summed E-state index contributed by atoms with van der Waals surface area (Å²) in [6.07, 6.45) is -1.37. The highest BCUT2D eigenvalue weighted by molar-refractivity contribution is 9.10. The molecule has 1 aromatic carbocycles. The molecular formula is C13H11BrN4O3. The number of fused-ring (bicyclic) bond motifs is 1. The first kappa shape index (κ1) is 13.6. The van der Waals surface area contributed by atoms with E-state index in [2.05, 4.69) is 31.0 Å². The van der Waals surface area contributed by atoms with Crippen LogP contribution in [0.4, 0.5) is 4.79 Å². The van der Waals surface area contributed by atoms with E-state index in [0.29, 0.717) is 17.3 Å². The molecule has 0 saturated heterocycles. The van der Waals surface area contributed by atoms with Gasteiger partial charge in [-0.05, 0) is 32.0 Å². The van der Waals surface area contributed by atoms with Gasteiger partial charge in [0.1, 0.15) is 5.69 Å². The number of benzene rings is 1. The number of rotatable bonds is 2. The number of nitrogens with one attached hydrogen (secondary N) is 1. The van der Waals surface area contributed by atoms with Crippen LogP contribution < -0.4 is 4.74 Å². The van der Waals surface area contributed by atoms with Crippen molar-refractivity contribution in [2.45, 2.75) is 13.8 Å². The van der Waals surface area contributed by atoms with Crippen LogP contribution in [0.1, 0.15) is 11.4 Å². The van der Waals surface area contributed by atoms with Gasteiger partial charge in [-0.2, -0.15) is 5.10 Å². The molecule has 0 unspecified atom stereocenters. The van der Waals surface area contributed by atoms with Gasteiger partial charge in [0.15, 0.2) is 5.75 Å². The topological polar surface area (TPSA) is 93.0 Å². The molecule has 3 aromatic rings. The Bertz CT molecular complexity index is 853. The summed E-state index contributed by atoms with van der Waals surface area (Å²) in [5, 5.41) is 13.0. The van der Waals surface area contributed by atoms with Crippen LogP contribution in [-0.2, 0) is 0 Å². The van der Waals surface area contributed by atoms with E-state index in [9.17, 15) is 4.79 Å². The lowest BCUT2D eigenvalue weighted by Crippen LogP contribution is -2.05. The molecule has 0 amide bonds. The number of carboxylic acid groups (broad SMARTS) is 1. The van der Waals surface area contributed by atoms with E-state index >= 15 is 0 Å². The Morgan fingerprint density at radius 2 is 2.19 bits per heavy atom. The van der Waals surface area contributed by atoms with Gasteiger partial charge in [0.25, 0.3) is 0 Å². The first-order valence-electron chi connectivity index (χ1n) is 6.08. The summed E-state index contributed by atoms with van der Waals surface area (Å²) in [6, 6.07) is 5.68. The molecule has 108 valence electrons. The summed E-state index contributed by atoms with van der Waals surface area (Å²) in [6.45, 7) is 3.41.